The standard InChI is InChI=1S/C19H27N5O3/c1-15(12-25)23-13-19(14-23,11-16-4-3-5-17(10-16)27-2)18(26)20-6-8-24-9-7-21-22-24/h3-5,7,9-10,15,25H,6,8,11-14H2,1-2H3,(H,20,26). The highest BCUT2D eigenvalue weighted by Gasteiger charge is 2.50. The van der Waals surface area contributed by atoms with Crippen molar-refractivity contribution < 1.29 is 14.6 Å². The molecule has 1 atom stereocenters. The number of aliphatic hydroxyl groups is 1. The van der Waals surface area contributed by atoms with Gasteiger partial charge in [-0.2, -0.15) is 0 Å². The van der Waals surface area contributed by atoms with Gasteiger partial charge in [0.15, 0.2) is 0 Å². The molecule has 0 spiro atoms. The van der Waals surface area contributed by atoms with Gasteiger partial charge in [0.2, 0.25) is 5.91 Å². The SMILES string of the molecule is COc1cccc(CC2(C(=O)NCCn3ccnn3)CN(C(C)CO)C2)c1. The zero-order chi connectivity index (χ0) is 19.3. The van der Waals surface area contributed by atoms with Crippen molar-refractivity contribution in [2.24, 2.45) is 5.41 Å². The van der Waals surface area contributed by atoms with Crippen LogP contribution in [0, 0.1) is 5.41 Å². The Morgan fingerprint density at radius 2 is 2.26 bits per heavy atom. The largest absolute Gasteiger partial charge is 0.497 e. The van der Waals surface area contributed by atoms with Gasteiger partial charge in [0, 0.05) is 31.9 Å². The lowest BCUT2D eigenvalue weighted by Crippen LogP contribution is -2.66. The fraction of sp³-hybridized carbons (Fsp3) is 0.526. The van der Waals surface area contributed by atoms with E-state index < -0.39 is 5.41 Å². The lowest BCUT2D eigenvalue weighted by Gasteiger charge is -2.51. The van der Waals surface area contributed by atoms with Crippen LogP contribution in [0.15, 0.2) is 36.7 Å². The first-order valence-electron chi connectivity index (χ1n) is 9.16. The Balaban J connectivity index is 1.67. The molecule has 1 aliphatic heterocycles. The number of hydrogen-bond acceptors (Lipinski definition) is 6. The van der Waals surface area contributed by atoms with E-state index in [1.165, 1.54) is 0 Å². The molecule has 3 rings (SSSR count). The van der Waals surface area contributed by atoms with Gasteiger partial charge in [-0.25, -0.2) is 0 Å². The number of amides is 1. The first kappa shape index (κ1) is 19.3. The molecule has 1 amide bonds. The zero-order valence-electron chi connectivity index (χ0n) is 15.8. The molecule has 2 N–H and O–H groups in total. The van der Waals surface area contributed by atoms with Gasteiger partial charge in [0.1, 0.15) is 5.75 Å². The molecule has 8 heteroatoms. The molecular weight excluding hydrogens is 346 g/mol. The minimum Gasteiger partial charge on any atom is -0.497 e. The summed E-state index contributed by atoms with van der Waals surface area (Å²) in [5, 5.41) is 20.1. The Bertz CT molecular complexity index is 744. The number of methoxy groups -OCH3 is 1. The molecular formula is C19H27N5O3. The first-order valence-corrected chi connectivity index (χ1v) is 9.16. The van der Waals surface area contributed by atoms with Crippen LogP contribution in [0.2, 0.25) is 0 Å². The Morgan fingerprint density at radius 1 is 1.44 bits per heavy atom. The van der Waals surface area contributed by atoms with Gasteiger partial charge in [-0.05, 0) is 31.0 Å². The second kappa shape index (κ2) is 8.49. The summed E-state index contributed by atoms with van der Waals surface area (Å²) in [5.41, 5.74) is 0.565. The molecule has 1 saturated heterocycles. The third kappa shape index (κ3) is 4.45. The van der Waals surface area contributed by atoms with Crippen LogP contribution >= 0.6 is 0 Å². The van der Waals surface area contributed by atoms with Gasteiger partial charge in [-0.1, -0.05) is 17.3 Å². The Labute approximate surface area is 159 Å². The minimum absolute atomic E-state index is 0.0341. The maximum Gasteiger partial charge on any atom is 0.229 e. The second-order valence-corrected chi connectivity index (χ2v) is 7.17. The number of benzene rings is 1. The van der Waals surface area contributed by atoms with Gasteiger partial charge < -0.3 is 15.2 Å². The number of aromatic nitrogens is 3. The summed E-state index contributed by atoms with van der Waals surface area (Å²) in [6, 6.07) is 7.88. The average molecular weight is 373 g/mol. The van der Waals surface area contributed by atoms with Crippen LogP contribution < -0.4 is 10.1 Å². The predicted octanol–water partition coefficient (Wildman–Crippen LogP) is 0.328. The highest BCUT2D eigenvalue weighted by molar-refractivity contribution is 5.84. The van der Waals surface area contributed by atoms with Crippen molar-refractivity contribution in [2.45, 2.75) is 25.9 Å². The quantitative estimate of drug-likeness (QED) is 0.658. The molecule has 1 unspecified atom stereocenters. The summed E-state index contributed by atoms with van der Waals surface area (Å²) in [6.45, 7) is 4.39. The second-order valence-electron chi connectivity index (χ2n) is 7.17. The van der Waals surface area contributed by atoms with Gasteiger partial charge in [0.05, 0.1) is 31.9 Å². The molecule has 2 heterocycles. The van der Waals surface area contributed by atoms with Crippen molar-refractivity contribution in [1.29, 1.82) is 0 Å². The van der Waals surface area contributed by atoms with E-state index in [9.17, 15) is 9.90 Å². The zero-order valence-corrected chi connectivity index (χ0v) is 15.8. The maximum absolute atomic E-state index is 13.0. The summed E-state index contributed by atoms with van der Waals surface area (Å²) >= 11 is 0. The van der Waals surface area contributed by atoms with Crippen LogP contribution in [0.4, 0.5) is 0 Å². The summed E-state index contributed by atoms with van der Waals surface area (Å²) in [4.78, 5) is 15.2. The Hall–Kier alpha value is -2.45. The molecule has 8 nitrogen and oxygen atoms in total. The van der Waals surface area contributed by atoms with E-state index in [-0.39, 0.29) is 18.6 Å². The third-order valence-corrected chi connectivity index (χ3v) is 5.16. The van der Waals surface area contributed by atoms with E-state index in [0.29, 0.717) is 32.6 Å². The van der Waals surface area contributed by atoms with Crippen molar-refractivity contribution in [3.05, 3.63) is 42.2 Å². The fourth-order valence-electron chi connectivity index (χ4n) is 3.49. The topological polar surface area (TPSA) is 92.5 Å². The first-order chi connectivity index (χ1) is 13.1. The number of nitrogens with zero attached hydrogens (tertiary/aromatic N) is 4. The molecule has 1 aliphatic rings. The average Bonchev–Trinajstić information content (AvgIpc) is 3.17. The molecule has 0 aliphatic carbocycles. The van der Waals surface area contributed by atoms with E-state index in [4.69, 9.17) is 4.74 Å². The van der Waals surface area contributed by atoms with Crippen molar-refractivity contribution in [3.63, 3.8) is 0 Å². The van der Waals surface area contributed by atoms with E-state index in [0.717, 1.165) is 11.3 Å². The summed E-state index contributed by atoms with van der Waals surface area (Å²) in [5.74, 6) is 0.820. The Kier molecular flexibility index (Phi) is 6.08. The van der Waals surface area contributed by atoms with E-state index in [1.54, 1.807) is 24.2 Å². The van der Waals surface area contributed by atoms with Crippen molar-refractivity contribution in [3.8, 4) is 5.75 Å². The smallest absolute Gasteiger partial charge is 0.229 e. The lowest BCUT2D eigenvalue weighted by atomic mass is 9.73. The number of nitrogens with one attached hydrogen (secondary N) is 1. The van der Waals surface area contributed by atoms with Crippen molar-refractivity contribution in [2.75, 3.05) is 33.4 Å². The number of carbonyl (C=O) groups is 1. The van der Waals surface area contributed by atoms with Crippen LogP contribution in [0.25, 0.3) is 0 Å². The molecule has 27 heavy (non-hydrogen) atoms. The summed E-state index contributed by atoms with van der Waals surface area (Å²) in [7, 11) is 1.64. The number of aliphatic hydroxyl groups excluding tert-OH is 1. The van der Waals surface area contributed by atoms with Gasteiger partial charge >= 0.3 is 0 Å². The van der Waals surface area contributed by atoms with Crippen LogP contribution in [0.3, 0.4) is 0 Å². The molecule has 146 valence electrons. The summed E-state index contributed by atoms with van der Waals surface area (Å²) < 4.78 is 7.00. The predicted molar refractivity (Wildman–Crippen MR) is 100 cm³/mol. The molecule has 1 fully saturated rings. The van der Waals surface area contributed by atoms with Gasteiger partial charge in [-0.15, -0.1) is 5.10 Å². The fourth-order valence-corrected chi connectivity index (χ4v) is 3.49. The van der Waals surface area contributed by atoms with E-state index >= 15 is 0 Å². The molecule has 0 saturated carbocycles. The van der Waals surface area contributed by atoms with Crippen molar-refractivity contribution >= 4 is 5.91 Å². The monoisotopic (exact) mass is 373 g/mol. The van der Waals surface area contributed by atoms with Gasteiger partial charge in [-0.3, -0.25) is 14.4 Å². The normalized spacial score (nSPS) is 17.1. The maximum atomic E-state index is 13.0. The molecule has 1 aromatic heterocycles. The molecule has 2 aromatic rings. The van der Waals surface area contributed by atoms with Crippen LogP contribution in [0.1, 0.15) is 12.5 Å². The minimum atomic E-state index is -0.502. The lowest BCUT2D eigenvalue weighted by molar-refractivity contribution is -0.145. The number of carbonyl (C=O) groups excluding carboxylic acids is 1. The van der Waals surface area contributed by atoms with Crippen LogP contribution in [0.5, 0.6) is 5.75 Å². The van der Waals surface area contributed by atoms with E-state index in [1.807, 2.05) is 31.2 Å². The highest BCUT2D eigenvalue weighted by Crippen LogP contribution is 2.36. The number of ether oxygens (including phenoxy) is 1. The molecule has 1 aromatic carbocycles. The van der Waals surface area contributed by atoms with Gasteiger partial charge in [0.25, 0.3) is 0 Å². The Morgan fingerprint density at radius 3 is 2.93 bits per heavy atom. The summed E-state index contributed by atoms with van der Waals surface area (Å²) in [6.07, 6.45) is 4.02. The number of likely N-dealkylation sites (tertiary alicyclic amines) is 1. The number of rotatable bonds is 9. The third-order valence-electron chi connectivity index (χ3n) is 5.16. The van der Waals surface area contributed by atoms with Crippen molar-refractivity contribution in [1.82, 2.24) is 25.2 Å². The van der Waals surface area contributed by atoms with E-state index in [2.05, 4.69) is 20.5 Å². The molecule has 0 bridgehead atoms. The number of hydrogen-bond donors (Lipinski definition) is 2. The molecule has 0 radical (unpaired) electrons. The van der Waals surface area contributed by atoms with Crippen LogP contribution in [-0.2, 0) is 17.8 Å². The highest BCUT2D eigenvalue weighted by atomic mass is 16.5. The van der Waals surface area contributed by atoms with Crippen LogP contribution in [-0.4, -0.2) is 70.3 Å².